The van der Waals surface area contributed by atoms with Gasteiger partial charge in [-0.3, -0.25) is 19.2 Å². The Morgan fingerprint density at radius 3 is 1.13 bits per heavy atom. The van der Waals surface area contributed by atoms with E-state index in [0.29, 0.717) is 25.7 Å². The van der Waals surface area contributed by atoms with Crippen LogP contribution in [0.4, 0.5) is 0 Å². The van der Waals surface area contributed by atoms with Crippen molar-refractivity contribution in [1.29, 1.82) is 0 Å². The van der Waals surface area contributed by atoms with Gasteiger partial charge in [-0.15, -0.1) is 0 Å². The minimum absolute atomic E-state index is 0.227. The van der Waals surface area contributed by atoms with Crippen molar-refractivity contribution in [2.45, 2.75) is 89.1 Å². The molecule has 0 unspecified atom stereocenters. The lowest BCUT2D eigenvalue weighted by Gasteiger charge is -2.37. The molecule has 0 radical (unpaired) electrons. The van der Waals surface area contributed by atoms with E-state index in [-0.39, 0.29) is 23.9 Å². The molecular weight excluding hydrogens is 388 g/mol. The standard InChI is InChI=1S/C22H34N2O6/c25-19(13-7-1-3-9-15(13)21(27)28)23-17-11-5-6-12-18(17)24-20(26)14-8-2-4-10-16(14)22(29)30/h13-18H,1-12H2,(H,23,25)(H,24,26)(H,27,28)(H,29,30)/t13-,14+,15+,16-,17+,18-. The number of carboxylic acids is 2. The molecule has 0 spiro atoms. The maximum Gasteiger partial charge on any atom is 0.307 e. The van der Waals surface area contributed by atoms with Crippen molar-refractivity contribution >= 4 is 23.8 Å². The van der Waals surface area contributed by atoms with E-state index in [9.17, 15) is 29.4 Å². The van der Waals surface area contributed by atoms with Gasteiger partial charge in [-0.2, -0.15) is 0 Å². The average molecular weight is 423 g/mol. The predicted molar refractivity (Wildman–Crippen MR) is 108 cm³/mol. The summed E-state index contributed by atoms with van der Waals surface area (Å²) in [5.74, 6) is -4.62. The number of aliphatic carboxylic acids is 2. The number of carboxylic acid groups (broad SMARTS) is 2. The van der Waals surface area contributed by atoms with Gasteiger partial charge in [0.2, 0.25) is 11.8 Å². The first kappa shape index (κ1) is 22.6. The molecule has 30 heavy (non-hydrogen) atoms. The van der Waals surface area contributed by atoms with E-state index in [2.05, 4.69) is 10.6 Å². The van der Waals surface area contributed by atoms with Crippen LogP contribution in [0.2, 0.25) is 0 Å². The van der Waals surface area contributed by atoms with Crippen molar-refractivity contribution < 1.29 is 29.4 Å². The first-order chi connectivity index (χ1) is 14.4. The summed E-state index contributed by atoms with van der Waals surface area (Å²) in [6.45, 7) is 0. The molecule has 2 amide bonds. The Morgan fingerprint density at radius 2 is 0.800 bits per heavy atom. The lowest BCUT2D eigenvalue weighted by atomic mass is 9.77. The molecule has 0 aromatic carbocycles. The molecule has 0 aromatic rings. The summed E-state index contributed by atoms with van der Waals surface area (Å²) in [5.41, 5.74) is 0. The van der Waals surface area contributed by atoms with Gasteiger partial charge in [-0.05, 0) is 38.5 Å². The molecule has 3 saturated carbocycles. The molecule has 3 aliphatic carbocycles. The number of carbonyl (C=O) groups is 4. The van der Waals surface area contributed by atoms with Gasteiger partial charge in [0, 0.05) is 12.1 Å². The maximum atomic E-state index is 12.9. The Morgan fingerprint density at radius 1 is 0.500 bits per heavy atom. The third kappa shape index (κ3) is 5.32. The molecular formula is C22H34N2O6. The summed E-state index contributed by atoms with van der Waals surface area (Å²) in [4.78, 5) is 48.9. The van der Waals surface area contributed by atoms with Gasteiger partial charge < -0.3 is 20.8 Å². The lowest BCUT2D eigenvalue weighted by Crippen LogP contribution is -2.56. The Bertz CT molecular complexity index is 610. The summed E-state index contributed by atoms with van der Waals surface area (Å²) < 4.78 is 0. The van der Waals surface area contributed by atoms with E-state index >= 15 is 0 Å². The van der Waals surface area contributed by atoms with Crippen molar-refractivity contribution in [3.8, 4) is 0 Å². The van der Waals surface area contributed by atoms with Crippen molar-refractivity contribution in [2.24, 2.45) is 23.7 Å². The third-order valence-corrected chi connectivity index (χ3v) is 7.26. The van der Waals surface area contributed by atoms with E-state index in [1.54, 1.807) is 0 Å². The van der Waals surface area contributed by atoms with Gasteiger partial charge in [0.25, 0.3) is 0 Å². The highest BCUT2D eigenvalue weighted by Gasteiger charge is 2.40. The molecule has 0 aromatic heterocycles. The van der Waals surface area contributed by atoms with Gasteiger partial charge in [-0.1, -0.05) is 38.5 Å². The first-order valence-corrected chi connectivity index (χ1v) is 11.4. The summed E-state index contributed by atoms with van der Waals surface area (Å²) in [6.07, 6.45) is 8.90. The number of amides is 2. The number of nitrogens with one attached hydrogen (secondary N) is 2. The van der Waals surface area contributed by atoms with Crippen LogP contribution >= 0.6 is 0 Å². The molecule has 3 rings (SSSR count). The van der Waals surface area contributed by atoms with Crippen molar-refractivity contribution in [2.75, 3.05) is 0 Å². The Kier molecular flexibility index (Phi) is 7.72. The number of carbonyl (C=O) groups excluding carboxylic acids is 2. The first-order valence-electron chi connectivity index (χ1n) is 11.4. The second-order valence-electron chi connectivity index (χ2n) is 9.19. The Labute approximate surface area is 177 Å². The van der Waals surface area contributed by atoms with Gasteiger partial charge in [0.1, 0.15) is 0 Å². The zero-order chi connectivity index (χ0) is 21.7. The van der Waals surface area contributed by atoms with Gasteiger partial charge in [0.05, 0.1) is 23.7 Å². The zero-order valence-corrected chi connectivity index (χ0v) is 17.5. The quantitative estimate of drug-likeness (QED) is 0.519. The zero-order valence-electron chi connectivity index (χ0n) is 17.5. The SMILES string of the molecule is O=C(O)[C@H]1CCCC[C@H]1C(=O)N[C@H]1CCCC[C@H]1NC(=O)[C@H]1CCCC[C@H]1C(=O)O. The topological polar surface area (TPSA) is 133 Å². The fourth-order valence-corrected chi connectivity index (χ4v) is 5.54. The highest BCUT2D eigenvalue weighted by molar-refractivity contribution is 5.86. The lowest BCUT2D eigenvalue weighted by molar-refractivity contribution is -0.149. The summed E-state index contributed by atoms with van der Waals surface area (Å²) in [7, 11) is 0. The fourth-order valence-electron chi connectivity index (χ4n) is 5.54. The minimum atomic E-state index is -0.916. The number of hydrogen-bond donors (Lipinski definition) is 4. The molecule has 3 fully saturated rings. The maximum absolute atomic E-state index is 12.9. The van der Waals surface area contributed by atoms with E-state index in [1.165, 1.54) is 0 Å². The molecule has 0 saturated heterocycles. The third-order valence-electron chi connectivity index (χ3n) is 7.26. The smallest absolute Gasteiger partial charge is 0.307 e. The number of rotatable bonds is 6. The molecule has 0 bridgehead atoms. The van der Waals surface area contributed by atoms with Crippen LogP contribution in [0.3, 0.4) is 0 Å². The second-order valence-corrected chi connectivity index (χ2v) is 9.19. The Balaban J connectivity index is 1.63. The van der Waals surface area contributed by atoms with Crippen LogP contribution < -0.4 is 10.6 Å². The van der Waals surface area contributed by atoms with Crippen molar-refractivity contribution in [3.05, 3.63) is 0 Å². The van der Waals surface area contributed by atoms with Crippen LogP contribution in [0.5, 0.6) is 0 Å². The molecule has 0 aliphatic heterocycles. The summed E-state index contributed by atoms with van der Waals surface area (Å²) in [5, 5.41) is 25.0. The number of hydrogen-bond acceptors (Lipinski definition) is 4. The molecule has 168 valence electrons. The normalized spacial score (nSPS) is 34.5. The van der Waals surface area contributed by atoms with Gasteiger partial charge in [0.15, 0.2) is 0 Å². The highest BCUT2D eigenvalue weighted by Crippen LogP contribution is 2.32. The largest absolute Gasteiger partial charge is 0.481 e. The van der Waals surface area contributed by atoms with Crippen LogP contribution in [0.1, 0.15) is 77.0 Å². The van der Waals surface area contributed by atoms with Crippen LogP contribution in [0.25, 0.3) is 0 Å². The minimum Gasteiger partial charge on any atom is -0.481 e. The molecule has 8 heteroatoms. The molecule has 8 nitrogen and oxygen atoms in total. The van der Waals surface area contributed by atoms with Crippen molar-refractivity contribution in [1.82, 2.24) is 10.6 Å². The second kappa shape index (κ2) is 10.3. The van der Waals surface area contributed by atoms with Gasteiger partial charge >= 0.3 is 11.9 Å². The van der Waals surface area contributed by atoms with E-state index in [0.717, 1.165) is 51.4 Å². The predicted octanol–water partition coefficient (Wildman–Crippen LogP) is 2.31. The van der Waals surface area contributed by atoms with E-state index in [1.807, 2.05) is 0 Å². The fraction of sp³-hybridized carbons (Fsp3) is 0.818. The summed E-state index contributed by atoms with van der Waals surface area (Å²) in [6, 6.07) is -0.475. The monoisotopic (exact) mass is 422 g/mol. The Hall–Kier alpha value is -2.12. The van der Waals surface area contributed by atoms with Crippen LogP contribution in [0.15, 0.2) is 0 Å². The highest BCUT2D eigenvalue weighted by atomic mass is 16.4. The van der Waals surface area contributed by atoms with Gasteiger partial charge in [-0.25, -0.2) is 0 Å². The van der Waals surface area contributed by atoms with Crippen LogP contribution in [-0.2, 0) is 19.2 Å². The van der Waals surface area contributed by atoms with E-state index in [4.69, 9.17) is 0 Å². The van der Waals surface area contributed by atoms with E-state index < -0.39 is 35.6 Å². The average Bonchev–Trinajstić information content (AvgIpc) is 2.75. The molecule has 3 aliphatic rings. The molecule has 6 atom stereocenters. The van der Waals surface area contributed by atoms with Crippen LogP contribution in [-0.4, -0.2) is 46.0 Å². The summed E-state index contributed by atoms with van der Waals surface area (Å²) >= 11 is 0. The van der Waals surface area contributed by atoms with Crippen LogP contribution in [0, 0.1) is 23.7 Å². The van der Waals surface area contributed by atoms with Crippen molar-refractivity contribution in [3.63, 3.8) is 0 Å². The molecule has 0 heterocycles. The molecule has 4 N–H and O–H groups in total.